The third kappa shape index (κ3) is 6.83. The van der Waals surface area contributed by atoms with Crippen LogP contribution in [0.2, 0.25) is 17.1 Å². The maximum Gasteiger partial charge on any atom is 4.00 e. The molecule has 0 N–H and O–H groups in total. The van der Waals surface area contributed by atoms with Crippen LogP contribution in [0, 0.1) is 40.2 Å². The van der Waals surface area contributed by atoms with Crippen LogP contribution in [-0.4, -0.2) is 8.07 Å². The Morgan fingerprint density at radius 1 is 0.812 bits per heavy atom. The van der Waals surface area contributed by atoms with Crippen molar-refractivity contribution in [2.75, 3.05) is 0 Å². The van der Waals surface area contributed by atoms with Crippen LogP contribution in [0.25, 0.3) is 0 Å². The third-order valence-electron chi connectivity index (χ3n) is 7.20. The summed E-state index contributed by atoms with van der Waals surface area (Å²) in [4.78, 5) is 0. The second-order valence-electron chi connectivity index (χ2n) is 10.1. The molecule has 0 spiro atoms. The van der Waals surface area contributed by atoms with E-state index in [1.807, 2.05) is 0 Å². The van der Waals surface area contributed by atoms with Gasteiger partial charge in [-0.2, -0.15) is 11.1 Å². The minimum Gasteiger partial charge on any atom is -0.358 e. The van der Waals surface area contributed by atoms with E-state index in [1.54, 1.807) is 10.8 Å². The number of rotatable bonds is 8. The summed E-state index contributed by atoms with van der Waals surface area (Å²) in [7, 11) is -1.92. The Bertz CT molecular complexity index is 737. The van der Waals surface area contributed by atoms with E-state index in [0.29, 0.717) is 11.8 Å². The molecule has 1 aromatic carbocycles. The van der Waals surface area contributed by atoms with Gasteiger partial charge in [-0.3, -0.25) is 6.08 Å². The van der Waals surface area contributed by atoms with Crippen LogP contribution in [0.3, 0.4) is 0 Å². The Morgan fingerprint density at radius 3 is 1.50 bits per heavy atom. The van der Waals surface area contributed by atoms with E-state index in [2.05, 4.69) is 93.5 Å². The smallest absolute Gasteiger partial charge is 0.358 e. The molecule has 0 heterocycles. The van der Waals surface area contributed by atoms with Gasteiger partial charge in [-0.25, -0.2) is 5.57 Å². The molecule has 0 nitrogen and oxygen atoms in total. The molecule has 0 aliphatic heterocycles. The van der Waals surface area contributed by atoms with Crippen molar-refractivity contribution in [1.82, 2.24) is 0 Å². The molecule has 0 amide bonds. The van der Waals surface area contributed by atoms with Crippen LogP contribution in [0.5, 0.6) is 0 Å². The minimum absolute atomic E-state index is 0. The summed E-state index contributed by atoms with van der Waals surface area (Å²) in [5.41, 5.74) is 7.47. The van der Waals surface area contributed by atoms with Gasteiger partial charge < -0.3 is 22.3 Å². The van der Waals surface area contributed by atoms with E-state index in [4.69, 9.17) is 0 Å². The molecule has 1 aromatic rings. The molecule has 1 atom stereocenters. The Labute approximate surface area is 219 Å². The van der Waals surface area contributed by atoms with E-state index < -0.39 is 8.07 Å². The molecule has 0 fully saturated rings. The van der Waals surface area contributed by atoms with Gasteiger partial charge in [0.25, 0.3) is 0 Å². The number of aryl methyl sites for hydroxylation is 2. The zero-order valence-corrected chi connectivity index (χ0v) is 26.3. The van der Waals surface area contributed by atoms with Gasteiger partial charge in [-0.05, 0) is 35.8 Å². The first-order valence-electron chi connectivity index (χ1n) is 11.4. The van der Waals surface area contributed by atoms with Gasteiger partial charge in [0, 0.05) is 0 Å². The molecule has 1 aliphatic rings. The van der Waals surface area contributed by atoms with Gasteiger partial charge in [-0.1, -0.05) is 103 Å². The van der Waals surface area contributed by atoms with Crippen LogP contribution in [-0.2, 0) is 34.6 Å². The molecule has 1 aliphatic carbocycles. The Morgan fingerprint density at radius 2 is 1.22 bits per heavy atom. The number of allylic oxidation sites excluding steroid dienone is 4. The molecule has 2 rings (SSSR count). The number of benzene rings is 1. The van der Waals surface area contributed by atoms with Crippen LogP contribution in [0.15, 0.2) is 34.9 Å². The van der Waals surface area contributed by atoms with Crippen molar-refractivity contribution in [2.24, 2.45) is 11.8 Å². The topological polar surface area (TPSA) is 0 Å². The van der Waals surface area contributed by atoms with Crippen LogP contribution in [0.4, 0.5) is 0 Å². The summed E-state index contributed by atoms with van der Waals surface area (Å²) in [5.74, 6) is 1.40. The molecule has 2 heteroatoms. The zero-order valence-electron chi connectivity index (χ0n) is 23.7. The van der Waals surface area contributed by atoms with Crippen LogP contribution >= 0.6 is 0 Å². The zero-order chi connectivity index (χ0) is 21.3. The first-order valence-corrected chi connectivity index (χ1v) is 13.9. The molecule has 0 radical (unpaired) electrons. The average Bonchev–Trinajstić information content (AvgIpc) is 2.83. The Kier molecular flexibility index (Phi) is 16.0. The van der Waals surface area contributed by atoms with Gasteiger partial charge >= 0.3 is 21.7 Å². The summed E-state index contributed by atoms with van der Waals surface area (Å²) in [6.45, 7) is 23.8. The summed E-state index contributed by atoms with van der Waals surface area (Å²) in [5, 5.41) is 1.77. The summed E-state index contributed by atoms with van der Waals surface area (Å²) in [6.07, 6.45) is 6.30. The van der Waals surface area contributed by atoms with Crippen molar-refractivity contribution >= 4 is 13.3 Å². The van der Waals surface area contributed by atoms with Gasteiger partial charge in [0.2, 0.25) is 0 Å². The maximum atomic E-state index is 4.06. The molecule has 0 saturated heterocycles. The van der Waals surface area contributed by atoms with E-state index in [0.717, 1.165) is 12.8 Å². The second kappa shape index (κ2) is 14.1. The Balaban J connectivity index is -0.00000210. The van der Waals surface area contributed by atoms with Crippen molar-refractivity contribution in [2.45, 2.75) is 99.2 Å². The molecule has 0 bridgehead atoms. The van der Waals surface area contributed by atoms with E-state index >= 15 is 0 Å². The summed E-state index contributed by atoms with van der Waals surface area (Å²) < 4.78 is 0. The summed E-state index contributed by atoms with van der Waals surface area (Å²) >= 11 is 0. The third-order valence-corrected chi connectivity index (χ3v) is 14.0. The van der Waals surface area contributed by atoms with Crippen LogP contribution in [0.1, 0.15) is 80.4 Å². The summed E-state index contributed by atoms with van der Waals surface area (Å²) in [6, 6.07) is 10.3. The normalized spacial score (nSPS) is 17.9. The standard InChI is InChI=1S/C27H43Si.3CH3.Ti/c1-11-24-13-25(12-2)15-26(14-24)28(17-19(3)4,18-20(5)6)27(10)16-21(7)22(8)23(27)9;;;;/h13-15,19-20H,11-12,17-18H2,1-10H3;3*1H3;/q4*-1;+4. The van der Waals surface area contributed by atoms with Crippen molar-refractivity contribution in [1.29, 1.82) is 0 Å². The quantitative estimate of drug-likeness (QED) is 0.253. The number of hydrogen-bond donors (Lipinski definition) is 0. The fourth-order valence-electron chi connectivity index (χ4n) is 5.55. The SMILES string of the molecule is CCc1cc(CC)cc([Si](CC(C)C)(CC(C)C)C2(C)[C-]=C(C)C(C)=C2C)c1.[CH3-].[CH3-].[CH3-].[Ti+4]. The van der Waals surface area contributed by atoms with Gasteiger partial charge in [-0.15, -0.1) is 6.92 Å². The van der Waals surface area contributed by atoms with Crippen molar-refractivity contribution in [3.63, 3.8) is 0 Å². The predicted molar refractivity (Wildman–Crippen MR) is 148 cm³/mol. The van der Waals surface area contributed by atoms with E-state index in [-0.39, 0.29) is 49.0 Å². The minimum atomic E-state index is -1.92. The first kappa shape index (κ1) is 36.2. The molecule has 180 valence electrons. The van der Waals surface area contributed by atoms with Gasteiger partial charge in [0.05, 0.1) is 8.07 Å². The monoisotopic (exact) mass is 488 g/mol. The molecule has 1 unspecified atom stereocenters. The van der Waals surface area contributed by atoms with Crippen molar-refractivity contribution < 1.29 is 21.7 Å². The average molecular weight is 489 g/mol. The molecule has 0 aromatic heterocycles. The van der Waals surface area contributed by atoms with Crippen LogP contribution < -0.4 is 5.19 Å². The molecule has 0 saturated carbocycles. The van der Waals surface area contributed by atoms with Crippen molar-refractivity contribution in [3.05, 3.63) is 74.4 Å². The largest absolute Gasteiger partial charge is 4.00 e. The van der Waals surface area contributed by atoms with E-state index in [9.17, 15) is 0 Å². The van der Waals surface area contributed by atoms with E-state index in [1.165, 1.54) is 34.4 Å². The molecule has 32 heavy (non-hydrogen) atoms. The number of hydrogen-bond acceptors (Lipinski definition) is 0. The fourth-order valence-corrected chi connectivity index (χ4v) is 12.6. The molecular formula is C30H52SiTi. The molecular weight excluding hydrogens is 436 g/mol. The van der Waals surface area contributed by atoms with Gasteiger partial charge in [0.1, 0.15) is 0 Å². The van der Waals surface area contributed by atoms with Gasteiger partial charge in [0.15, 0.2) is 0 Å². The Hall–Kier alpha value is -0.369. The fraction of sp³-hybridized carbons (Fsp3) is 0.567. The predicted octanol–water partition coefficient (Wildman–Crippen LogP) is 8.99. The second-order valence-corrected chi connectivity index (χ2v) is 14.7. The first-order chi connectivity index (χ1) is 13.0. The van der Waals surface area contributed by atoms with Crippen molar-refractivity contribution in [3.8, 4) is 0 Å². The maximum absolute atomic E-state index is 4.06.